The number of methoxy groups -OCH3 is 1. The van der Waals surface area contributed by atoms with Crippen molar-refractivity contribution in [2.24, 2.45) is 0 Å². The summed E-state index contributed by atoms with van der Waals surface area (Å²) in [5.41, 5.74) is 5.69. The van der Waals surface area contributed by atoms with E-state index in [-0.39, 0.29) is 5.97 Å². The molecular weight excluding hydrogens is 380 g/mol. The van der Waals surface area contributed by atoms with E-state index in [0.29, 0.717) is 19.6 Å². The van der Waals surface area contributed by atoms with Gasteiger partial charge in [-0.2, -0.15) is 0 Å². The minimum atomic E-state index is -0.123. The quantitative estimate of drug-likeness (QED) is 0.701. The van der Waals surface area contributed by atoms with E-state index >= 15 is 0 Å². The summed E-state index contributed by atoms with van der Waals surface area (Å²) in [7, 11) is 1.68. The number of pyridine rings is 1. The number of aromatic nitrogens is 1. The van der Waals surface area contributed by atoms with Crippen molar-refractivity contribution < 1.29 is 19.0 Å². The highest BCUT2D eigenvalue weighted by Gasteiger charge is 2.26. The summed E-state index contributed by atoms with van der Waals surface area (Å²) in [5, 5.41) is 0. The second kappa shape index (κ2) is 9.30. The minimum Gasteiger partial charge on any atom is -0.497 e. The van der Waals surface area contributed by atoms with Crippen molar-refractivity contribution in [3.05, 3.63) is 58.9 Å². The van der Waals surface area contributed by atoms with E-state index in [9.17, 15) is 4.79 Å². The Morgan fingerprint density at radius 2 is 2.07 bits per heavy atom. The number of ether oxygens (including phenoxy) is 3. The van der Waals surface area contributed by atoms with Crippen LogP contribution in [0.3, 0.4) is 0 Å². The van der Waals surface area contributed by atoms with E-state index in [1.54, 1.807) is 7.11 Å². The van der Waals surface area contributed by atoms with Gasteiger partial charge in [-0.05, 0) is 44.0 Å². The van der Waals surface area contributed by atoms with Crippen molar-refractivity contribution in [1.29, 1.82) is 0 Å². The molecule has 0 amide bonds. The Morgan fingerprint density at radius 3 is 2.83 bits per heavy atom. The van der Waals surface area contributed by atoms with Crippen molar-refractivity contribution in [2.75, 3.05) is 33.4 Å². The smallest absolute Gasteiger partial charge is 0.307 e. The molecule has 0 bridgehead atoms. The molecule has 6 heteroatoms. The van der Waals surface area contributed by atoms with Crippen LogP contribution in [0, 0.1) is 0 Å². The van der Waals surface area contributed by atoms with Crippen LogP contribution in [0.4, 0.5) is 0 Å². The Bertz CT molecular complexity index is 944. The van der Waals surface area contributed by atoms with Crippen LogP contribution in [-0.2, 0) is 16.1 Å². The average molecular weight is 408 g/mol. The normalized spacial score (nSPS) is 16.2. The first kappa shape index (κ1) is 20.4. The van der Waals surface area contributed by atoms with Gasteiger partial charge in [0, 0.05) is 42.5 Å². The number of nitrogens with zero attached hydrogens (tertiary/aromatic N) is 2. The summed E-state index contributed by atoms with van der Waals surface area (Å²) in [6, 6.07) is 10.0. The third-order valence-corrected chi connectivity index (χ3v) is 5.72. The van der Waals surface area contributed by atoms with Crippen molar-refractivity contribution in [3.8, 4) is 11.5 Å². The van der Waals surface area contributed by atoms with Crippen LogP contribution in [0.15, 0.2) is 42.1 Å². The van der Waals surface area contributed by atoms with Gasteiger partial charge in [-0.1, -0.05) is 11.6 Å². The van der Waals surface area contributed by atoms with Crippen LogP contribution in [0.1, 0.15) is 43.0 Å². The predicted octanol–water partition coefficient (Wildman–Crippen LogP) is 3.83. The number of hydrogen-bond acceptors (Lipinski definition) is 6. The van der Waals surface area contributed by atoms with E-state index in [0.717, 1.165) is 60.8 Å². The van der Waals surface area contributed by atoms with E-state index < -0.39 is 0 Å². The van der Waals surface area contributed by atoms with E-state index in [2.05, 4.69) is 17.0 Å². The van der Waals surface area contributed by atoms with Crippen LogP contribution in [0.25, 0.3) is 5.57 Å². The first-order valence-corrected chi connectivity index (χ1v) is 10.5. The molecule has 6 nitrogen and oxygen atoms in total. The van der Waals surface area contributed by atoms with Crippen molar-refractivity contribution in [1.82, 2.24) is 9.88 Å². The maximum absolute atomic E-state index is 11.7. The standard InChI is InChI=1S/C24H28N2O4/c1-3-29-22(27)10-14-26-12-8-17(9-13-26)23-20-15-19(28-2)6-7-21(20)30-16-18-5-4-11-25-24(18)23/h4-7,11,15H,3,8-10,12-14,16H2,1-2H3. The Balaban J connectivity index is 1.63. The summed E-state index contributed by atoms with van der Waals surface area (Å²) < 4.78 is 16.7. The summed E-state index contributed by atoms with van der Waals surface area (Å²) in [6.45, 7) is 5.36. The molecule has 1 saturated heterocycles. The van der Waals surface area contributed by atoms with E-state index in [1.807, 2.05) is 31.3 Å². The molecule has 1 aromatic carbocycles. The van der Waals surface area contributed by atoms with Gasteiger partial charge in [-0.15, -0.1) is 0 Å². The lowest BCUT2D eigenvalue weighted by molar-refractivity contribution is -0.143. The molecule has 0 saturated carbocycles. The molecule has 2 aliphatic heterocycles. The number of hydrogen-bond donors (Lipinski definition) is 0. The van der Waals surface area contributed by atoms with Gasteiger partial charge < -0.3 is 19.1 Å². The maximum atomic E-state index is 11.7. The van der Waals surface area contributed by atoms with Gasteiger partial charge in [0.15, 0.2) is 0 Å². The third kappa shape index (κ3) is 4.33. The molecule has 0 atom stereocenters. The lowest BCUT2D eigenvalue weighted by Crippen LogP contribution is -2.33. The van der Waals surface area contributed by atoms with E-state index in [4.69, 9.17) is 19.2 Å². The second-order valence-corrected chi connectivity index (χ2v) is 7.54. The molecule has 0 spiro atoms. The zero-order valence-electron chi connectivity index (χ0n) is 17.6. The fourth-order valence-corrected chi connectivity index (χ4v) is 4.16. The Kier molecular flexibility index (Phi) is 6.33. The highest BCUT2D eigenvalue weighted by atomic mass is 16.5. The van der Waals surface area contributed by atoms with Crippen LogP contribution >= 0.6 is 0 Å². The number of esters is 1. The summed E-state index contributed by atoms with van der Waals surface area (Å²) >= 11 is 0. The van der Waals surface area contributed by atoms with Crippen LogP contribution < -0.4 is 9.47 Å². The zero-order valence-corrected chi connectivity index (χ0v) is 17.6. The highest BCUT2D eigenvalue weighted by Crippen LogP contribution is 2.41. The number of benzene rings is 1. The van der Waals surface area contributed by atoms with Crippen molar-refractivity contribution >= 4 is 11.5 Å². The molecule has 2 aliphatic rings. The number of likely N-dealkylation sites (tertiary alicyclic amines) is 1. The SMILES string of the molecule is CCOC(=O)CCN1CCC(=C2c3cc(OC)ccc3OCc3cccnc32)CC1. The molecule has 158 valence electrons. The van der Waals surface area contributed by atoms with Gasteiger partial charge in [0.05, 0.1) is 25.8 Å². The molecular formula is C24H28N2O4. The largest absolute Gasteiger partial charge is 0.497 e. The molecule has 0 aliphatic carbocycles. The van der Waals surface area contributed by atoms with Crippen LogP contribution in [-0.4, -0.2) is 49.2 Å². The molecule has 4 rings (SSSR count). The zero-order chi connectivity index (χ0) is 20.9. The molecule has 30 heavy (non-hydrogen) atoms. The first-order valence-electron chi connectivity index (χ1n) is 10.5. The molecule has 0 unspecified atom stereocenters. The van der Waals surface area contributed by atoms with E-state index in [1.165, 1.54) is 11.1 Å². The fourth-order valence-electron chi connectivity index (χ4n) is 4.16. The van der Waals surface area contributed by atoms with Gasteiger partial charge in [-0.25, -0.2) is 0 Å². The number of carbonyl (C=O) groups excluding carboxylic acids is 1. The Labute approximate surface area is 177 Å². The maximum Gasteiger partial charge on any atom is 0.307 e. The van der Waals surface area contributed by atoms with Crippen molar-refractivity contribution in [3.63, 3.8) is 0 Å². The highest BCUT2D eigenvalue weighted by molar-refractivity contribution is 5.86. The van der Waals surface area contributed by atoms with Gasteiger partial charge in [0.2, 0.25) is 0 Å². The summed E-state index contributed by atoms with van der Waals surface area (Å²) in [5.74, 6) is 1.55. The van der Waals surface area contributed by atoms with Gasteiger partial charge in [-0.3, -0.25) is 9.78 Å². The lowest BCUT2D eigenvalue weighted by atomic mass is 9.89. The number of carbonyl (C=O) groups is 1. The number of fused-ring (bicyclic) bond motifs is 2. The van der Waals surface area contributed by atoms with Crippen LogP contribution in [0.2, 0.25) is 0 Å². The topological polar surface area (TPSA) is 60.9 Å². The molecule has 1 fully saturated rings. The first-order chi connectivity index (χ1) is 14.7. The molecule has 2 aromatic rings. The van der Waals surface area contributed by atoms with Crippen LogP contribution in [0.5, 0.6) is 11.5 Å². The third-order valence-electron chi connectivity index (χ3n) is 5.72. The monoisotopic (exact) mass is 408 g/mol. The molecule has 3 heterocycles. The lowest BCUT2D eigenvalue weighted by Gasteiger charge is -2.29. The second-order valence-electron chi connectivity index (χ2n) is 7.54. The number of piperidine rings is 1. The summed E-state index contributed by atoms with van der Waals surface area (Å²) in [4.78, 5) is 18.7. The Hall–Kier alpha value is -2.86. The van der Waals surface area contributed by atoms with Crippen molar-refractivity contribution in [2.45, 2.75) is 32.8 Å². The molecule has 1 aromatic heterocycles. The predicted molar refractivity (Wildman–Crippen MR) is 115 cm³/mol. The average Bonchev–Trinajstić information content (AvgIpc) is 2.94. The summed E-state index contributed by atoms with van der Waals surface area (Å²) in [6.07, 6.45) is 4.16. The Morgan fingerprint density at radius 1 is 1.23 bits per heavy atom. The minimum absolute atomic E-state index is 0.123. The van der Waals surface area contributed by atoms with Gasteiger partial charge in [0.25, 0.3) is 0 Å². The molecule has 0 radical (unpaired) electrons. The molecule has 0 N–H and O–H groups in total. The number of rotatable bonds is 5. The van der Waals surface area contributed by atoms with Gasteiger partial charge in [0.1, 0.15) is 18.1 Å². The van der Waals surface area contributed by atoms with Gasteiger partial charge >= 0.3 is 5.97 Å². The fraction of sp³-hybridized carbons (Fsp3) is 0.417.